The minimum atomic E-state index is 0.469. The van der Waals surface area contributed by atoms with Crippen LogP contribution in [0.1, 0.15) is 32.3 Å². The predicted octanol–water partition coefficient (Wildman–Crippen LogP) is 2.95. The lowest BCUT2D eigenvalue weighted by Gasteiger charge is -2.32. The summed E-state index contributed by atoms with van der Waals surface area (Å²) in [7, 11) is 0. The van der Waals surface area contributed by atoms with E-state index in [4.69, 9.17) is 5.73 Å². The van der Waals surface area contributed by atoms with Crippen LogP contribution >= 0.6 is 0 Å². The molecule has 0 aliphatic rings. The first-order valence-electron chi connectivity index (χ1n) is 6.26. The zero-order chi connectivity index (χ0) is 12.0. The molecule has 0 bridgehead atoms. The normalized spacial score (nSPS) is 12.5. The van der Waals surface area contributed by atoms with Gasteiger partial charge in [0.15, 0.2) is 0 Å². The Bertz CT molecular complexity index is 309. The van der Waals surface area contributed by atoms with Crippen LogP contribution in [0.3, 0.4) is 0 Å². The lowest BCUT2D eigenvalue weighted by molar-refractivity contribution is 0.558. The van der Waals surface area contributed by atoms with Crippen LogP contribution in [0.4, 0.5) is 5.69 Å². The molecule has 0 amide bonds. The quantitative estimate of drug-likeness (QED) is 0.798. The molecule has 0 aromatic heterocycles. The van der Waals surface area contributed by atoms with Gasteiger partial charge in [-0.15, -0.1) is 0 Å². The van der Waals surface area contributed by atoms with Gasteiger partial charge in [0.1, 0.15) is 0 Å². The average molecular weight is 220 g/mol. The number of benzene rings is 1. The third-order valence-corrected chi connectivity index (χ3v) is 3.01. The standard InChI is InChI=1S/C14H24N2/c1-4-7-14(11-15)16(5-2)13-9-6-8-12(3)10-13/h6,8-10,14H,4-5,7,11,15H2,1-3H3. The first kappa shape index (κ1) is 13.0. The first-order valence-corrected chi connectivity index (χ1v) is 6.26. The second-order valence-electron chi connectivity index (χ2n) is 4.30. The number of rotatable bonds is 6. The largest absolute Gasteiger partial charge is 0.368 e. The van der Waals surface area contributed by atoms with Gasteiger partial charge in [-0.05, 0) is 38.0 Å². The fourth-order valence-corrected chi connectivity index (χ4v) is 2.19. The van der Waals surface area contributed by atoms with Crippen LogP contribution in [0.15, 0.2) is 24.3 Å². The molecule has 1 atom stereocenters. The van der Waals surface area contributed by atoms with Gasteiger partial charge in [-0.3, -0.25) is 0 Å². The SMILES string of the molecule is CCCC(CN)N(CC)c1cccc(C)c1. The Morgan fingerprint density at radius 2 is 2.06 bits per heavy atom. The minimum absolute atomic E-state index is 0.469. The number of likely N-dealkylation sites (N-methyl/N-ethyl adjacent to an activating group) is 1. The molecule has 0 fully saturated rings. The van der Waals surface area contributed by atoms with E-state index in [1.54, 1.807) is 0 Å². The Labute approximate surface area is 99.5 Å². The van der Waals surface area contributed by atoms with Crippen LogP contribution < -0.4 is 10.6 Å². The predicted molar refractivity (Wildman–Crippen MR) is 71.9 cm³/mol. The Balaban J connectivity index is 2.87. The summed E-state index contributed by atoms with van der Waals surface area (Å²) < 4.78 is 0. The zero-order valence-corrected chi connectivity index (χ0v) is 10.7. The highest BCUT2D eigenvalue weighted by molar-refractivity contribution is 5.49. The number of anilines is 1. The van der Waals surface area contributed by atoms with Crippen LogP contribution in [0, 0.1) is 6.92 Å². The van der Waals surface area contributed by atoms with Gasteiger partial charge in [0, 0.05) is 24.8 Å². The van der Waals surface area contributed by atoms with Crippen molar-refractivity contribution in [3.8, 4) is 0 Å². The highest BCUT2D eigenvalue weighted by Crippen LogP contribution is 2.19. The maximum absolute atomic E-state index is 5.87. The van der Waals surface area contributed by atoms with Crippen LogP contribution in [-0.4, -0.2) is 19.1 Å². The summed E-state index contributed by atoms with van der Waals surface area (Å²) >= 11 is 0. The van der Waals surface area contributed by atoms with Gasteiger partial charge in [-0.25, -0.2) is 0 Å². The van der Waals surface area contributed by atoms with Gasteiger partial charge in [-0.2, -0.15) is 0 Å². The van der Waals surface area contributed by atoms with Crippen molar-refractivity contribution in [2.45, 2.75) is 39.7 Å². The third kappa shape index (κ3) is 3.24. The molecule has 16 heavy (non-hydrogen) atoms. The van der Waals surface area contributed by atoms with E-state index in [9.17, 15) is 0 Å². The van der Waals surface area contributed by atoms with Crippen LogP contribution in [-0.2, 0) is 0 Å². The third-order valence-electron chi connectivity index (χ3n) is 3.01. The van der Waals surface area contributed by atoms with E-state index in [1.165, 1.54) is 17.7 Å². The van der Waals surface area contributed by atoms with Crippen molar-refractivity contribution in [1.29, 1.82) is 0 Å². The Morgan fingerprint density at radius 1 is 1.31 bits per heavy atom. The molecule has 2 heteroatoms. The molecular weight excluding hydrogens is 196 g/mol. The molecule has 1 unspecified atom stereocenters. The summed E-state index contributed by atoms with van der Waals surface area (Å²) in [6.45, 7) is 8.29. The highest BCUT2D eigenvalue weighted by Gasteiger charge is 2.14. The topological polar surface area (TPSA) is 29.3 Å². The Hall–Kier alpha value is -1.02. The fraction of sp³-hybridized carbons (Fsp3) is 0.571. The molecule has 2 nitrogen and oxygen atoms in total. The summed E-state index contributed by atoms with van der Waals surface area (Å²) in [5, 5.41) is 0. The van der Waals surface area contributed by atoms with Crippen LogP contribution in [0.25, 0.3) is 0 Å². The lowest BCUT2D eigenvalue weighted by Crippen LogP contribution is -2.40. The minimum Gasteiger partial charge on any atom is -0.368 e. The molecule has 2 N–H and O–H groups in total. The molecule has 0 saturated heterocycles. The number of nitrogens with two attached hydrogens (primary N) is 1. The van der Waals surface area contributed by atoms with Crippen molar-refractivity contribution in [2.75, 3.05) is 18.0 Å². The van der Waals surface area contributed by atoms with Crippen molar-refractivity contribution in [1.82, 2.24) is 0 Å². The van der Waals surface area contributed by atoms with Crippen molar-refractivity contribution in [2.24, 2.45) is 5.73 Å². The molecule has 1 aromatic rings. The maximum atomic E-state index is 5.87. The summed E-state index contributed by atoms with van der Waals surface area (Å²) in [5.41, 5.74) is 8.48. The van der Waals surface area contributed by atoms with Crippen LogP contribution in [0.2, 0.25) is 0 Å². The molecule has 0 saturated carbocycles. The van der Waals surface area contributed by atoms with Gasteiger partial charge in [0.2, 0.25) is 0 Å². The van der Waals surface area contributed by atoms with Gasteiger partial charge >= 0.3 is 0 Å². The monoisotopic (exact) mass is 220 g/mol. The fourth-order valence-electron chi connectivity index (χ4n) is 2.19. The molecule has 0 aliphatic heterocycles. The van der Waals surface area contributed by atoms with Gasteiger partial charge in [0.05, 0.1) is 0 Å². The van der Waals surface area contributed by atoms with Crippen molar-refractivity contribution >= 4 is 5.69 Å². The molecular formula is C14H24N2. The van der Waals surface area contributed by atoms with Crippen molar-refractivity contribution in [3.05, 3.63) is 29.8 Å². The zero-order valence-electron chi connectivity index (χ0n) is 10.7. The number of hydrogen-bond acceptors (Lipinski definition) is 2. The second kappa shape index (κ2) is 6.54. The van der Waals surface area contributed by atoms with E-state index >= 15 is 0 Å². The first-order chi connectivity index (χ1) is 7.72. The van der Waals surface area contributed by atoms with E-state index < -0.39 is 0 Å². The molecule has 1 rings (SSSR count). The highest BCUT2D eigenvalue weighted by atomic mass is 15.2. The number of nitrogens with zero attached hydrogens (tertiary/aromatic N) is 1. The lowest BCUT2D eigenvalue weighted by atomic mass is 10.1. The molecule has 1 aromatic carbocycles. The average Bonchev–Trinajstić information content (AvgIpc) is 2.29. The van der Waals surface area contributed by atoms with E-state index in [1.807, 2.05) is 0 Å². The van der Waals surface area contributed by atoms with Crippen LogP contribution in [0.5, 0.6) is 0 Å². The molecule has 0 aliphatic carbocycles. The van der Waals surface area contributed by atoms with Gasteiger partial charge < -0.3 is 10.6 Å². The Morgan fingerprint density at radius 3 is 2.56 bits per heavy atom. The van der Waals surface area contributed by atoms with E-state index in [0.29, 0.717) is 6.04 Å². The van der Waals surface area contributed by atoms with Gasteiger partial charge in [0.25, 0.3) is 0 Å². The summed E-state index contributed by atoms with van der Waals surface area (Å²) in [6, 6.07) is 9.13. The maximum Gasteiger partial charge on any atom is 0.0412 e. The smallest absolute Gasteiger partial charge is 0.0412 e. The molecule has 0 radical (unpaired) electrons. The molecule has 0 spiro atoms. The van der Waals surface area contributed by atoms with Crippen molar-refractivity contribution < 1.29 is 0 Å². The number of aryl methyl sites for hydroxylation is 1. The molecule has 90 valence electrons. The van der Waals surface area contributed by atoms with Gasteiger partial charge in [-0.1, -0.05) is 25.5 Å². The number of hydrogen-bond donors (Lipinski definition) is 1. The van der Waals surface area contributed by atoms with E-state index in [0.717, 1.165) is 19.5 Å². The second-order valence-corrected chi connectivity index (χ2v) is 4.30. The summed E-state index contributed by atoms with van der Waals surface area (Å²) in [5.74, 6) is 0. The Kier molecular flexibility index (Phi) is 5.33. The summed E-state index contributed by atoms with van der Waals surface area (Å²) in [4.78, 5) is 2.41. The van der Waals surface area contributed by atoms with E-state index in [-0.39, 0.29) is 0 Å². The summed E-state index contributed by atoms with van der Waals surface area (Å²) in [6.07, 6.45) is 2.35. The van der Waals surface area contributed by atoms with E-state index in [2.05, 4.69) is 49.9 Å². The van der Waals surface area contributed by atoms with Crippen molar-refractivity contribution in [3.63, 3.8) is 0 Å². The molecule has 0 heterocycles.